The molecule has 2 fully saturated rings. The summed E-state index contributed by atoms with van der Waals surface area (Å²) in [5, 5.41) is 0. The van der Waals surface area contributed by atoms with Gasteiger partial charge in [-0.25, -0.2) is 4.39 Å². The molecule has 3 aliphatic heterocycles. The largest absolute Gasteiger partial charge is 0.377 e. The highest BCUT2D eigenvalue weighted by molar-refractivity contribution is 5.82. The Kier molecular flexibility index (Phi) is 6.26. The van der Waals surface area contributed by atoms with Crippen molar-refractivity contribution in [1.29, 1.82) is 0 Å². The molecule has 0 spiro atoms. The van der Waals surface area contributed by atoms with E-state index in [0.717, 1.165) is 30.6 Å². The van der Waals surface area contributed by atoms with Crippen LogP contribution in [-0.2, 0) is 20.7 Å². The van der Waals surface area contributed by atoms with Crippen molar-refractivity contribution in [3.8, 4) is 0 Å². The van der Waals surface area contributed by atoms with Gasteiger partial charge in [0, 0.05) is 26.1 Å². The molecule has 0 N–H and O–H groups in total. The monoisotopic (exact) mass is 438 g/mol. The van der Waals surface area contributed by atoms with Gasteiger partial charge in [-0.15, -0.1) is 0 Å². The van der Waals surface area contributed by atoms with Crippen LogP contribution >= 0.6 is 0 Å². The van der Waals surface area contributed by atoms with Gasteiger partial charge in [0.05, 0.1) is 18.8 Å². The number of carbonyl (C=O) groups excluding carboxylic acids is 1. The SMILES string of the molecule is CO[C@H]1CO[C@@H](C(=O)N2CCc3ccccc3[C@@H]2c2ccc(F)cc2)C[C@@H]1N1CCCC1. The van der Waals surface area contributed by atoms with E-state index in [-0.39, 0.29) is 29.9 Å². The van der Waals surface area contributed by atoms with Crippen LogP contribution in [0.25, 0.3) is 0 Å². The fourth-order valence-corrected chi connectivity index (χ4v) is 5.61. The summed E-state index contributed by atoms with van der Waals surface area (Å²) in [7, 11) is 1.73. The molecule has 3 heterocycles. The molecule has 0 aliphatic carbocycles. The molecule has 2 aromatic carbocycles. The summed E-state index contributed by atoms with van der Waals surface area (Å²) < 4.78 is 25.4. The predicted octanol–water partition coefficient (Wildman–Crippen LogP) is 3.57. The van der Waals surface area contributed by atoms with Crippen LogP contribution in [0.2, 0.25) is 0 Å². The number of likely N-dealkylation sites (tertiary alicyclic amines) is 1. The van der Waals surface area contributed by atoms with Crippen LogP contribution in [0.4, 0.5) is 4.39 Å². The summed E-state index contributed by atoms with van der Waals surface area (Å²) in [4.78, 5) is 18.2. The molecule has 5 nitrogen and oxygen atoms in total. The van der Waals surface area contributed by atoms with E-state index in [1.54, 1.807) is 19.2 Å². The molecule has 5 rings (SSSR count). The first-order chi connectivity index (χ1) is 15.7. The molecule has 170 valence electrons. The summed E-state index contributed by atoms with van der Waals surface area (Å²) in [6, 6.07) is 14.7. The van der Waals surface area contributed by atoms with E-state index in [0.29, 0.717) is 19.6 Å². The van der Waals surface area contributed by atoms with Crippen LogP contribution in [0.1, 0.15) is 42.0 Å². The van der Waals surface area contributed by atoms with Crippen molar-refractivity contribution in [1.82, 2.24) is 9.80 Å². The molecule has 0 saturated carbocycles. The minimum Gasteiger partial charge on any atom is -0.377 e. The van der Waals surface area contributed by atoms with Gasteiger partial charge >= 0.3 is 0 Å². The Morgan fingerprint density at radius 1 is 1.06 bits per heavy atom. The van der Waals surface area contributed by atoms with E-state index in [1.807, 2.05) is 17.0 Å². The maximum absolute atomic E-state index is 13.8. The van der Waals surface area contributed by atoms with E-state index in [2.05, 4.69) is 17.0 Å². The van der Waals surface area contributed by atoms with Crippen LogP contribution < -0.4 is 0 Å². The second-order valence-corrected chi connectivity index (χ2v) is 9.08. The molecule has 0 bridgehead atoms. The number of fused-ring (bicyclic) bond motifs is 1. The maximum Gasteiger partial charge on any atom is 0.252 e. The Morgan fingerprint density at radius 3 is 2.56 bits per heavy atom. The molecule has 6 heteroatoms. The zero-order valence-electron chi connectivity index (χ0n) is 18.6. The minimum absolute atomic E-state index is 0.00729. The zero-order chi connectivity index (χ0) is 22.1. The molecule has 0 unspecified atom stereocenters. The summed E-state index contributed by atoms with van der Waals surface area (Å²) in [6.45, 7) is 3.17. The number of benzene rings is 2. The number of methoxy groups -OCH3 is 1. The van der Waals surface area contributed by atoms with Gasteiger partial charge in [0.2, 0.25) is 0 Å². The number of nitrogens with zero attached hydrogens (tertiary/aromatic N) is 2. The van der Waals surface area contributed by atoms with Gasteiger partial charge in [0.25, 0.3) is 5.91 Å². The molecule has 32 heavy (non-hydrogen) atoms. The van der Waals surface area contributed by atoms with Crippen molar-refractivity contribution in [2.75, 3.05) is 33.4 Å². The van der Waals surface area contributed by atoms with Gasteiger partial charge < -0.3 is 14.4 Å². The Balaban J connectivity index is 1.43. The second-order valence-electron chi connectivity index (χ2n) is 9.08. The fraction of sp³-hybridized carbons (Fsp3) is 0.500. The Hall–Kier alpha value is -2.28. The van der Waals surface area contributed by atoms with E-state index in [9.17, 15) is 9.18 Å². The van der Waals surface area contributed by atoms with Gasteiger partial charge in [-0.1, -0.05) is 36.4 Å². The third-order valence-corrected chi connectivity index (χ3v) is 7.29. The lowest BCUT2D eigenvalue weighted by Gasteiger charge is -2.43. The summed E-state index contributed by atoms with van der Waals surface area (Å²) >= 11 is 0. The number of hydrogen-bond donors (Lipinski definition) is 0. The van der Waals surface area contributed by atoms with Crippen LogP contribution in [0.15, 0.2) is 48.5 Å². The molecule has 2 saturated heterocycles. The smallest absolute Gasteiger partial charge is 0.252 e. The van der Waals surface area contributed by atoms with Crippen molar-refractivity contribution in [3.63, 3.8) is 0 Å². The standard InChI is InChI=1S/C26H31FN2O3/c1-31-24-17-32-23(16-22(24)28-13-4-5-14-28)26(30)29-15-12-18-6-2-3-7-21(18)25(29)19-8-10-20(27)11-9-19/h2-3,6-11,22-25H,4-5,12-17H2,1H3/t22-,23+,24-,25-/m0/s1. The Labute approximate surface area is 189 Å². The first-order valence-corrected chi connectivity index (χ1v) is 11.7. The van der Waals surface area contributed by atoms with E-state index in [1.165, 1.54) is 30.5 Å². The molecule has 2 aromatic rings. The topological polar surface area (TPSA) is 42.0 Å². The number of ether oxygens (including phenoxy) is 2. The lowest BCUT2D eigenvalue weighted by molar-refractivity contribution is -0.162. The first kappa shape index (κ1) is 21.6. The second kappa shape index (κ2) is 9.30. The molecule has 4 atom stereocenters. The lowest BCUT2D eigenvalue weighted by Crippen LogP contribution is -2.56. The average Bonchev–Trinajstić information content (AvgIpc) is 3.38. The third kappa shape index (κ3) is 4.07. The number of halogens is 1. The van der Waals surface area contributed by atoms with Crippen molar-refractivity contribution in [2.24, 2.45) is 0 Å². The molecule has 3 aliphatic rings. The van der Waals surface area contributed by atoms with Crippen molar-refractivity contribution in [2.45, 2.75) is 50.0 Å². The van der Waals surface area contributed by atoms with Crippen LogP contribution in [0.3, 0.4) is 0 Å². The summed E-state index contributed by atoms with van der Waals surface area (Å²) in [5.74, 6) is -0.252. The average molecular weight is 439 g/mol. The minimum atomic E-state index is -0.486. The number of hydrogen-bond acceptors (Lipinski definition) is 4. The molecule has 0 aromatic heterocycles. The van der Waals surface area contributed by atoms with Gasteiger partial charge in [-0.2, -0.15) is 0 Å². The highest BCUT2D eigenvalue weighted by atomic mass is 19.1. The molecule has 1 amide bonds. The van der Waals surface area contributed by atoms with E-state index in [4.69, 9.17) is 9.47 Å². The molecular weight excluding hydrogens is 407 g/mol. The first-order valence-electron chi connectivity index (χ1n) is 11.7. The zero-order valence-corrected chi connectivity index (χ0v) is 18.6. The lowest BCUT2D eigenvalue weighted by atomic mass is 9.87. The van der Waals surface area contributed by atoms with Gasteiger partial charge in [-0.3, -0.25) is 9.69 Å². The van der Waals surface area contributed by atoms with Crippen molar-refractivity contribution >= 4 is 5.91 Å². The van der Waals surface area contributed by atoms with Gasteiger partial charge in [-0.05, 0) is 61.2 Å². The van der Waals surface area contributed by atoms with E-state index >= 15 is 0 Å². The highest BCUT2D eigenvalue weighted by Gasteiger charge is 2.42. The van der Waals surface area contributed by atoms with Crippen LogP contribution in [0.5, 0.6) is 0 Å². The maximum atomic E-state index is 13.8. The van der Waals surface area contributed by atoms with Crippen LogP contribution in [-0.4, -0.2) is 67.3 Å². The van der Waals surface area contributed by atoms with E-state index < -0.39 is 6.10 Å². The molecule has 0 radical (unpaired) electrons. The van der Waals surface area contributed by atoms with Gasteiger partial charge in [0.1, 0.15) is 11.9 Å². The third-order valence-electron chi connectivity index (χ3n) is 7.29. The van der Waals surface area contributed by atoms with Crippen molar-refractivity contribution < 1.29 is 18.7 Å². The quantitative estimate of drug-likeness (QED) is 0.732. The number of carbonyl (C=O) groups is 1. The number of amides is 1. The predicted molar refractivity (Wildman–Crippen MR) is 120 cm³/mol. The number of rotatable bonds is 4. The Bertz CT molecular complexity index is 942. The normalized spacial score (nSPS) is 28.5. The fourth-order valence-electron chi connectivity index (χ4n) is 5.61. The van der Waals surface area contributed by atoms with Gasteiger partial charge in [0.15, 0.2) is 0 Å². The molecular formula is C26H31FN2O3. The summed E-state index contributed by atoms with van der Waals surface area (Å²) in [6.07, 6.45) is 3.35. The summed E-state index contributed by atoms with van der Waals surface area (Å²) in [5.41, 5.74) is 3.28. The van der Waals surface area contributed by atoms with Crippen LogP contribution in [0, 0.1) is 5.82 Å². The highest BCUT2D eigenvalue weighted by Crippen LogP contribution is 2.37. The van der Waals surface area contributed by atoms with Crippen molar-refractivity contribution in [3.05, 3.63) is 71.0 Å². The Morgan fingerprint density at radius 2 is 1.81 bits per heavy atom.